The summed E-state index contributed by atoms with van der Waals surface area (Å²) in [7, 11) is 0. The van der Waals surface area contributed by atoms with Crippen molar-refractivity contribution in [1.29, 1.82) is 0 Å². The van der Waals surface area contributed by atoms with Crippen LogP contribution in [-0.2, 0) is 0 Å². The second-order valence-corrected chi connectivity index (χ2v) is 4.59. The van der Waals surface area contributed by atoms with Crippen molar-refractivity contribution in [2.45, 2.75) is 6.92 Å². The fraction of sp³-hybridized carbons (Fsp3) is 0.0714. The number of hydrogen-bond acceptors (Lipinski definition) is 2. The van der Waals surface area contributed by atoms with Crippen molar-refractivity contribution in [3.63, 3.8) is 0 Å². The first kappa shape index (κ1) is 13.4. The molecule has 0 heterocycles. The average molecular weight is 279 g/mol. The van der Waals surface area contributed by atoms with Gasteiger partial charge < -0.3 is 11.1 Å². The van der Waals surface area contributed by atoms with Gasteiger partial charge in [-0.1, -0.05) is 11.6 Å². The standard InChI is InChI=1S/C14H12ClFN2O/c1-8-6-9(15)2-4-11(8)14(19)18-13-7-10(17)3-5-12(13)16/h2-7H,17H2,1H3,(H,18,19). The summed E-state index contributed by atoms with van der Waals surface area (Å²) in [5.74, 6) is -0.937. The zero-order valence-corrected chi connectivity index (χ0v) is 11.0. The maximum absolute atomic E-state index is 13.5. The average Bonchev–Trinajstić information content (AvgIpc) is 2.33. The van der Waals surface area contributed by atoms with Gasteiger partial charge >= 0.3 is 0 Å². The van der Waals surface area contributed by atoms with Crippen molar-refractivity contribution in [2.75, 3.05) is 11.1 Å². The van der Waals surface area contributed by atoms with E-state index < -0.39 is 11.7 Å². The van der Waals surface area contributed by atoms with E-state index in [2.05, 4.69) is 5.32 Å². The summed E-state index contributed by atoms with van der Waals surface area (Å²) in [6.45, 7) is 1.76. The maximum atomic E-state index is 13.5. The molecular weight excluding hydrogens is 267 g/mol. The molecule has 0 saturated heterocycles. The highest BCUT2D eigenvalue weighted by molar-refractivity contribution is 6.30. The van der Waals surface area contributed by atoms with Crippen molar-refractivity contribution in [2.24, 2.45) is 0 Å². The lowest BCUT2D eigenvalue weighted by molar-refractivity contribution is 0.102. The molecule has 0 spiro atoms. The van der Waals surface area contributed by atoms with Gasteiger partial charge in [-0.3, -0.25) is 4.79 Å². The summed E-state index contributed by atoms with van der Waals surface area (Å²) in [5, 5.41) is 3.04. The van der Waals surface area contributed by atoms with E-state index in [4.69, 9.17) is 17.3 Å². The van der Waals surface area contributed by atoms with E-state index in [0.29, 0.717) is 21.8 Å². The van der Waals surface area contributed by atoms with Crippen molar-refractivity contribution in [3.05, 3.63) is 58.4 Å². The Labute approximate surface area is 115 Å². The highest BCUT2D eigenvalue weighted by atomic mass is 35.5. The Bertz CT molecular complexity index is 643. The molecule has 98 valence electrons. The fourth-order valence-corrected chi connectivity index (χ4v) is 1.94. The van der Waals surface area contributed by atoms with Crippen molar-refractivity contribution in [3.8, 4) is 0 Å². The number of nitrogen functional groups attached to an aromatic ring is 1. The summed E-state index contributed by atoms with van der Waals surface area (Å²) in [4.78, 5) is 12.0. The minimum absolute atomic E-state index is 0.0550. The second kappa shape index (κ2) is 5.28. The van der Waals surface area contributed by atoms with Gasteiger partial charge in [0.05, 0.1) is 5.69 Å². The zero-order valence-electron chi connectivity index (χ0n) is 10.2. The number of aryl methyl sites for hydroxylation is 1. The molecule has 0 aromatic heterocycles. The van der Waals surface area contributed by atoms with E-state index in [9.17, 15) is 9.18 Å². The normalized spacial score (nSPS) is 10.3. The molecule has 0 aliphatic rings. The van der Waals surface area contributed by atoms with Crippen LogP contribution in [0.25, 0.3) is 0 Å². The number of rotatable bonds is 2. The number of halogens is 2. The Morgan fingerprint density at radius 2 is 2.00 bits per heavy atom. The molecule has 19 heavy (non-hydrogen) atoms. The molecule has 0 aliphatic heterocycles. The monoisotopic (exact) mass is 278 g/mol. The van der Waals surface area contributed by atoms with Crippen LogP contribution in [0.1, 0.15) is 15.9 Å². The van der Waals surface area contributed by atoms with E-state index in [1.807, 2.05) is 0 Å². The van der Waals surface area contributed by atoms with Crippen molar-refractivity contribution in [1.82, 2.24) is 0 Å². The van der Waals surface area contributed by atoms with E-state index in [1.165, 1.54) is 18.2 Å². The molecule has 0 radical (unpaired) electrons. The van der Waals surface area contributed by atoms with E-state index in [1.54, 1.807) is 25.1 Å². The lowest BCUT2D eigenvalue weighted by atomic mass is 10.1. The lowest BCUT2D eigenvalue weighted by Gasteiger charge is -2.09. The van der Waals surface area contributed by atoms with Crippen LogP contribution in [0, 0.1) is 12.7 Å². The largest absolute Gasteiger partial charge is 0.399 e. The Kier molecular flexibility index (Phi) is 3.71. The molecule has 0 atom stereocenters. The number of nitrogens with two attached hydrogens (primary N) is 1. The SMILES string of the molecule is Cc1cc(Cl)ccc1C(=O)Nc1cc(N)ccc1F. The van der Waals surface area contributed by atoms with Crippen LogP contribution >= 0.6 is 11.6 Å². The lowest BCUT2D eigenvalue weighted by Crippen LogP contribution is -2.14. The number of benzene rings is 2. The number of amides is 1. The summed E-state index contributed by atoms with van der Waals surface area (Å²) < 4.78 is 13.5. The number of nitrogens with one attached hydrogen (secondary N) is 1. The highest BCUT2D eigenvalue weighted by Gasteiger charge is 2.12. The summed E-state index contributed by atoms with van der Waals surface area (Å²) >= 11 is 5.82. The van der Waals surface area contributed by atoms with Crippen LogP contribution in [0.2, 0.25) is 5.02 Å². The van der Waals surface area contributed by atoms with Gasteiger partial charge in [0.1, 0.15) is 5.82 Å². The first-order valence-electron chi connectivity index (χ1n) is 5.60. The van der Waals surface area contributed by atoms with Gasteiger partial charge in [-0.05, 0) is 48.9 Å². The van der Waals surface area contributed by atoms with E-state index >= 15 is 0 Å². The van der Waals surface area contributed by atoms with Gasteiger partial charge in [0.2, 0.25) is 0 Å². The van der Waals surface area contributed by atoms with Crippen LogP contribution in [-0.4, -0.2) is 5.91 Å². The predicted octanol–water partition coefficient (Wildman–Crippen LogP) is 3.62. The van der Waals surface area contributed by atoms with E-state index in [-0.39, 0.29) is 5.69 Å². The third-order valence-corrected chi connectivity index (χ3v) is 2.91. The topological polar surface area (TPSA) is 55.1 Å². The first-order chi connectivity index (χ1) is 8.97. The van der Waals surface area contributed by atoms with Crippen LogP contribution in [0.4, 0.5) is 15.8 Å². The Morgan fingerprint density at radius 3 is 2.68 bits per heavy atom. The molecule has 2 aromatic carbocycles. The summed E-state index contributed by atoms with van der Waals surface area (Å²) in [5.41, 5.74) is 7.14. The Morgan fingerprint density at radius 1 is 1.26 bits per heavy atom. The number of anilines is 2. The molecule has 0 saturated carbocycles. The van der Waals surface area contributed by atoms with E-state index in [0.717, 1.165) is 0 Å². The molecule has 3 N–H and O–H groups in total. The molecule has 0 unspecified atom stereocenters. The van der Waals surface area contributed by atoms with Gasteiger partial charge in [0.25, 0.3) is 5.91 Å². The fourth-order valence-electron chi connectivity index (χ4n) is 1.71. The number of carbonyl (C=O) groups excluding carboxylic acids is 1. The van der Waals surface area contributed by atoms with Gasteiger partial charge in [-0.2, -0.15) is 0 Å². The molecular formula is C14H12ClFN2O. The highest BCUT2D eigenvalue weighted by Crippen LogP contribution is 2.20. The van der Waals surface area contributed by atoms with Gasteiger partial charge in [-0.15, -0.1) is 0 Å². The molecule has 2 aromatic rings. The van der Waals surface area contributed by atoms with Gasteiger partial charge in [0.15, 0.2) is 0 Å². The predicted molar refractivity (Wildman–Crippen MR) is 75.0 cm³/mol. The third kappa shape index (κ3) is 3.03. The molecule has 0 fully saturated rings. The molecule has 2 rings (SSSR count). The van der Waals surface area contributed by atoms with Crippen molar-refractivity contribution < 1.29 is 9.18 Å². The summed E-state index contributed by atoms with van der Waals surface area (Å²) in [6, 6.07) is 8.89. The number of carbonyl (C=O) groups is 1. The molecule has 0 bridgehead atoms. The molecule has 5 heteroatoms. The summed E-state index contributed by atoms with van der Waals surface area (Å²) in [6.07, 6.45) is 0. The molecule has 3 nitrogen and oxygen atoms in total. The van der Waals surface area contributed by atoms with Gasteiger partial charge in [0, 0.05) is 16.3 Å². The van der Waals surface area contributed by atoms with Crippen molar-refractivity contribution >= 4 is 28.9 Å². The Hall–Kier alpha value is -2.07. The molecule has 1 amide bonds. The second-order valence-electron chi connectivity index (χ2n) is 4.15. The third-order valence-electron chi connectivity index (χ3n) is 2.67. The van der Waals surface area contributed by atoms with Crippen LogP contribution in [0.15, 0.2) is 36.4 Å². The van der Waals surface area contributed by atoms with Crippen LogP contribution < -0.4 is 11.1 Å². The van der Waals surface area contributed by atoms with Crippen LogP contribution in [0.5, 0.6) is 0 Å². The van der Waals surface area contributed by atoms with Crippen LogP contribution in [0.3, 0.4) is 0 Å². The quantitative estimate of drug-likeness (QED) is 0.824. The zero-order chi connectivity index (χ0) is 14.0. The minimum atomic E-state index is -0.533. The number of hydrogen-bond donors (Lipinski definition) is 2. The minimum Gasteiger partial charge on any atom is -0.399 e. The smallest absolute Gasteiger partial charge is 0.256 e. The first-order valence-corrected chi connectivity index (χ1v) is 5.97. The van der Waals surface area contributed by atoms with Gasteiger partial charge in [-0.25, -0.2) is 4.39 Å². The molecule has 0 aliphatic carbocycles. The maximum Gasteiger partial charge on any atom is 0.256 e. The Balaban J connectivity index is 2.28.